The van der Waals surface area contributed by atoms with Crippen LogP contribution in [0.15, 0.2) is 28.0 Å². The Hall–Kier alpha value is -2.96. The number of likely N-dealkylation sites (tertiary alicyclic amines) is 1. The van der Waals surface area contributed by atoms with Crippen LogP contribution in [0.4, 0.5) is 8.78 Å². The van der Waals surface area contributed by atoms with E-state index in [9.17, 15) is 18.4 Å². The first-order valence-corrected chi connectivity index (χ1v) is 15.6. The first-order chi connectivity index (χ1) is 20.1. The van der Waals surface area contributed by atoms with Gasteiger partial charge in [-0.25, -0.2) is 4.98 Å². The number of aromatic amines is 1. The number of amides is 1. The summed E-state index contributed by atoms with van der Waals surface area (Å²) in [6, 6.07) is 4.23. The van der Waals surface area contributed by atoms with Crippen LogP contribution in [-0.4, -0.2) is 70.6 Å². The molecule has 0 unspecified atom stereocenters. The summed E-state index contributed by atoms with van der Waals surface area (Å²) >= 11 is 1.47. The monoisotopic (exact) mass is 603 g/mol. The first-order valence-electron chi connectivity index (χ1n) is 14.4. The molecule has 1 atom stereocenters. The molecule has 4 heterocycles. The van der Waals surface area contributed by atoms with Crippen LogP contribution in [0.5, 0.6) is 5.75 Å². The van der Waals surface area contributed by atoms with E-state index in [4.69, 9.17) is 9.72 Å². The minimum Gasteiger partial charge on any atom is -0.495 e. The second-order valence-electron chi connectivity index (χ2n) is 11.4. The van der Waals surface area contributed by atoms with Crippen molar-refractivity contribution < 1.29 is 23.0 Å². The summed E-state index contributed by atoms with van der Waals surface area (Å²) in [6.45, 7) is 4.47. The van der Waals surface area contributed by atoms with Crippen LogP contribution >= 0.6 is 11.8 Å². The molecule has 42 heavy (non-hydrogen) atoms. The maximum Gasteiger partial charge on any atom is 0.345 e. The van der Waals surface area contributed by atoms with E-state index in [1.54, 1.807) is 13.3 Å². The van der Waals surface area contributed by atoms with Gasteiger partial charge in [-0.15, -0.1) is 11.8 Å². The molecule has 0 radical (unpaired) electrons. The number of aryl methyl sites for hydroxylation is 1. The second kappa shape index (κ2) is 12.7. The molecular formula is C30H39F2N5O4S. The predicted molar refractivity (Wildman–Crippen MR) is 159 cm³/mol. The van der Waals surface area contributed by atoms with Crippen molar-refractivity contribution >= 4 is 28.7 Å². The molecule has 1 aliphatic carbocycles. The Morgan fingerprint density at radius 3 is 2.57 bits per heavy atom. The van der Waals surface area contributed by atoms with Crippen LogP contribution in [0, 0.1) is 19.8 Å². The van der Waals surface area contributed by atoms with Crippen LogP contribution < -0.4 is 15.6 Å². The fourth-order valence-corrected chi connectivity index (χ4v) is 7.34. The second-order valence-corrected chi connectivity index (χ2v) is 12.2. The lowest BCUT2D eigenvalue weighted by Gasteiger charge is -2.46. The molecule has 2 aliphatic rings. The number of methoxy groups -OCH3 is 1. The highest BCUT2D eigenvalue weighted by Crippen LogP contribution is 2.40. The van der Waals surface area contributed by atoms with Gasteiger partial charge in [-0.1, -0.05) is 0 Å². The van der Waals surface area contributed by atoms with E-state index >= 15 is 0 Å². The first kappa shape index (κ1) is 30.5. The smallest absolute Gasteiger partial charge is 0.345 e. The molecular weight excluding hydrogens is 564 g/mol. The largest absolute Gasteiger partial charge is 0.495 e. The predicted octanol–water partition coefficient (Wildman–Crippen LogP) is 5.05. The summed E-state index contributed by atoms with van der Waals surface area (Å²) in [4.78, 5) is 37.0. The van der Waals surface area contributed by atoms with Crippen LogP contribution in [0.3, 0.4) is 0 Å². The van der Waals surface area contributed by atoms with E-state index in [2.05, 4.69) is 31.4 Å². The van der Waals surface area contributed by atoms with Crippen molar-refractivity contribution in [2.75, 3.05) is 26.5 Å². The number of carbonyl (C=O) groups excluding carboxylic acids is 1. The Kier molecular flexibility index (Phi) is 9.24. The number of aromatic nitrogens is 3. The van der Waals surface area contributed by atoms with Gasteiger partial charge in [-0.05, 0) is 70.8 Å². The van der Waals surface area contributed by atoms with Crippen molar-refractivity contribution in [2.45, 2.75) is 82.7 Å². The Balaban J connectivity index is 1.35. The summed E-state index contributed by atoms with van der Waals surface area (Å²) < 4.78 is 37.2. The van der Waals surface area contributed by atoms with Crippen LogP contribution in [0.2, 0.25) is 0 Å². The molecule has 2 N–H and O–H groups in total. The lowest BCUT2D eigenvalue weighted by atomic mass is 9.80. The average Bonchev–Trinajstić information content (AvgIpc) is 3.24. The fourth-order valence-electron chi connectivity index (χ4n) is 6.64. The number of hydrogen-bond donors (Lipinski definition) is 2. The Morgan fingerprint density at radius 1 is 1.21 bits per heavy atom. The molecule has 3 aromatic heterocycles. The number of rotatable bonds is 10. The summed E-state index contributed by atoms with van der Waals surface area (Å²) in [7, 11) is 1.57. The third kappa shape index (κ3) is 6.07. The zero-order valence-corrected chi connectivity index (χ0v) is 25.5. The summed E-state index contributed by atoms with van der Waals surface area (Å²) in [5.41, 5.74) is 3.15. The number of pyridine rings is 2. The Bertz CT molecular complexity index is 1500. The Morgan fingerprint density at radius 2 is 1.93 bits per heavy atom. The topological polar surface area (TPSA) is 101 Å². The number of thioether (sulfide) groups is 1. The lowest BCUT2D eigenvalue weighted by Crippen LogP contribution is -2.57. The Labute approximate surface area is 248 Å². The molecule has 5 rings (SSSR count). The number of carbonyl (C=O) groups is 1. The number of ether oxygens (including phenoxy) is 2. The highest BCUT2D eigenvalue weighted by atomic mass is 32.2. The normalized spacial score (nSPS) is 20.6. The maximum absolute atomic E-state index is 13.7. The van der Waals surface area contributed by atoms with Crippen LogP contribution in [-0.2, 0) is 11.3 Å². The summed E-state index contributed by atoms with van der Waals surface area (Å²) in [6.07, 6.45) is 7.17. The van der Waals surface area contributed by atoms with Gasteiger partial charge in [0.25, 0.3) is 11.5 Å². The maximum atomic E-state index is 13.7. The number of H-pyrrole nitrogens is 1. The van der Waals surface area contributed by atoms with Gasteiger partial charge in [0.15, 0.2) is 0 Å². The number of hydrogen-bond acceptors (Lipinski definition) is 7. The molecule has 0 bridgehead atoms. The molecule has 0 aromatic carbocycles. The lowest BCUT2D eigenvalue weighted by molar-refractivity contribution is -0.202. The zero-order valence-electron chi connectivity index (χ0n) is 24.7. The molecule has 1 saturated heterocycles. The van der Waals surface area contributed by atoms with Crippen LogP contribution in [0.1, 0.15) is 66.0 Å². The van der Waals surface area contributed by atoms with Gasteiger partial charge < -0.3 is 24.3 Å². The third-order valence-corrected chi connectivity index (χ3v) is 9.72. The standard InChI is InChI=1S/C30H39F2N5O4S/c1-16-10-25(42-5)24(28(38)35-16)13-34-29(39)26-18(3)37(27-23(26)11-21(40-4)12-33-27)17(2)19-6-8-20(9-7-19)36-14-22(15-36)41-30(31)32/h10-12,17,19-20,22,30H,6-9,13-15H2,1-5H3,(H,34,39)(H,35,38)/t17-,19?,20?/m1/s1. The van der Waals surface area contributed by atoms with E-state index in [-0.39, 0.29) is 30.2 Å². The SMILES string of the molecule is COc1cnc2c(c1)c(C(=O)NCc1c(SC)cc(C)[nH]c1=O)c(C)n2[C@H](C)C1CCC(N2CC(OC(F)F)C2)CC1. The number of fused-ring (bicyclic) bond motifs is 1. The van der Waals surface area contributed by atoms with E-state index in [1.165, 1.54) is 11.8 Å². The van der Waals surface area contributed by atoms with Gasteiger partial charge in [-0.2, -0.15) is 8.78 Å². The number of nitrogens with zero attached hydrogens (tertiary/aromatic N) is 3. The highest BCUT2D eigenvalue weighted by molar-refractivity contribution is 7.98. The van der Waals surface area contributed by atoms with Crippen molar-refractivity contribution in [3.05, 3.63) is 51.2 Å². The quantitative estimate of drug-likeness (QED) is 0.313. The highest BCUT2D eigenvalue weighted by Gasteiger charge is 2.38. The molecule has 9 nitrogen and oxygen atoms in total. The molecule has 12 heteroatoms. The fraction of sp³-hybridized carbons (Fsp3) is 0.567. The van der Waals surface area contributed by atoms with Crippen molar-refractivity contribution in [1.82, 2.24) is 24.8 Å². The van der Waals surface area contributed by atoms with E-state index in [0.717, 1.165) is 47.6 Å². The van der Waals surface area contributed by atoms with Crippen molar-refractivity contribution in [3.63, 3.8) is 0 Å². The van der Waals surface area contributed by atoms with E-state index in [1.807, 2.05) is 32.2 Å². The van der Waals surface area contributed by atoms with Gasteiger partial charge in [0.2, 0.25) is 0 Å². The van der Waals surface area contributed by atoms with Crippen molar-refractivity contribution in [1.29, 1.82) is 0 Å². The van der Waals surface area contributed by atoms with Crippen LogP contribution in [0.25, 0.3) is 11.0 Å². The van der Waals surface area contributed by atoms with Gasteiger partial charge in [0, 0.05) is 59.0 Å². The molecule has 1 saturated carbocycles. The zero-order chi connectivity index (χ0) is 30.1. The third-order valence-electron chi connectivity index (χ3n) is 8.92. The van der Waals surface area contributed by atoms with Gasteiger partial charge in [-0.3, -0.25) is 14.5 Å². The summed E-state index contributed by atoms with van der Waals surface area (Å²) in [5, 5.41) is 3.69. The van der Waals surface area contributed by atoms with Crippen molar-refractivity contribution in [2.24, 2.45) is 5.92 Å². The number of alkyl halides is 2. The van der Waals surface area contributed by atoms with Gasteiger partial charge in [0.05, 0.1) is 25.0 Å². The minimum atomic E-state index is -2.72. The molecule has 1 aliphatic heterocycles. The summed E-state index contributed by atoms with van der Waals surface area (Å²) in [5.74, 6) is 0.665. The molecule has 228 valence electrons. The van der Waals surface area contributed by atoms with Crippen molar-refractivity contribution in [3.8, 4) is 5.75 Å². The molecule has 3 aromatic rings. The molecule has 2 fully saturated rings. The number of nitrogens with one attached hydrogen (secondary N) is 2. The van der Waals surface area contributed by atoms with Gasteiger partial charge in [0.1, 0.15) is 11.4 Å². The molecule has 0 spiro atoms. The number of halogens is 2. The minimum absolute atomic E-state index is 0.0882. The average molecular weight is 604 g/mol. The molecule has 1 amide bonds. The van der Waals surface area contributed by atoms with Gasteiger partial charge >= 0.3 is 6.61 Å². The van der Waals surface area contributed by atoms with E-state index in [0.29, 0.717) is 47.3 Å². The van der Waals surface area contributed by atoms with E-state index < -0.39 is 6.61 Å².